The number of hydrogen-bond acceptors (Lipinski definition) is 3. The van der Waals surface area contributed by atoms with Gasteiger partial charge in [-0.2, -0.15) is 5.10 Å². The molecule has 6 rings (SSSR count). The number of halogens is 3. The summed E-state index contributed by atoms with van der Waals surface area (Å²) in [5.41, 5.74) is 3.96. The van der Waals surface area contributed by atoms with Gasteiger partial charge >= 0.3 is 0 Å². The standard InChI is InChI=1S/C26H17Cl3N2O/c27-18-8-10-25-21(12-18)24-14-23(17-6-5-15-3-1-2-4-16(15)11-17)30-31(24)26(32-25)20-9-7-19(28)13-22(20)29/h1-13,24,26H,14H2/t24-,26+/m0/s1. The molecule has 0 spiro atoms. The Morgan fingerprint density at radius 3 is 2.41 bits per heavy atom. The third-order valence-electron chi connectivity index (χ3n) is 6.06. The molecule has 0 aliphatic carbocycles. The van der Waals surface area contributed by atoms with Crippen molar-refractivity contribution in [1.29, 1.82) is 0 Å². The normalized spacial score (nSPS) is 19.3. The molecule has 0 aromatic heterocycles. The van der Waals surface area contributed by atoms with Gasteiger partial charge in [-0.1, -0.05) is 77.3 Å². The highest BCUT2D eigenvalue weighted by Crippen LogP contribution is 2.49. The molecule has 4 aromatic carbocycles. The molecule has 4 aromatic rings. The van der Waals surface area contributed by atoms with Crippen molar-refractivity contribution in [2.75, 3.05) is 0 Å². The quantitative estimate of drug-likeness (QED) is 0.290. The first kappa shape index (κ1) is 19.9. The van der Waals surface area contributed by atoms with Crippen molar-refractivity contribution in [1.82, 2.24) is 5.01 Å². The first-order valence-electron chi connectivity index (χ1n) is 10.3. The zero-order valence-electron chi connectivity index (χ0n) is 16.8. The van der Waals surface area contributed by atoms with Gasteiger partial charge in [-0.05, 0) is 52.7 Å². The maximum absolute atomic E-state index is 6.56. The molecule has 2 heterocycles. The van der Waals surface area contributed by atoms with Gasteiger partial charge in [-0.25, -0.2) is 5.01 Å². The van der Waals surface area contributed by atoms with Crippen LogP contribution >= 0.6 is 34.8 Å². The van der Waals surface area contributed by atoms with Crippen LogP contribution in [0.4, 0.5) is 0 Å². The Morgan fingerprint density at radius 2 is 1.56 bits per heavy atom. The van der Waals surface area contributed by atoms with E-state index in [1.165, 1.54) is 10.8 Å². The maximum Gasteiger partial charge on any atom is 0.215 e. The van der Waals surface area contributed by atoms with E-state index in [0.717, 1.165) is 34.6 Å². The molecule has 0 saturated carbocycles. The Kier molecular flexibility index (Phi) is 4.80. The fourth-order valence-corrected chi connectivity index (χ4v) is 5.19. The van der Waals surface area contributed by atoms with Gasteiger partial charge in [0.15, 0.2) is 0 Å². The lowest BCUT2D eigenvalue weighted by Gasteiger charge is -2.38. The molecular weight excluding hydrogens is 463 g/mol. The molecule has 0 radical (unpaired) electrons. The molecule has 0 fully saturated rings. The second-order valence-electron chi connectivity index (χ2n) is 8.03. The summed E-state index contributed by atoms with van der Waals surface area (Å²) in [4.78, 5) is 0. The molecule has 0 unspecified atom stereocenters. The van der Waals surface area contributed by atoms with Crippen molar-refractivity contribution in [3.63, 3.8) is 0 Å². The predicted octanol–water partition coefficient (Wildman–Crippen LogP) is 8.04. The van der Waals surface area contributed by atoms with E-state index in [4.69, 9.17) is 44.6 Å². The van der Waals surface area contributed by atoms with Crippen LogP contribution in [0.15, 0.2) is 84.0 Å². The van der Waals surface area contributed by atoms with E-state index < -0.39 is 6.23 Å². The number of ether oxygens (including phenoxy) is 1. The minimum absolute atomic E-state index is 0.00401. The smallest absolute Gasteiger partial charge is 0.215 e. The minimum atomic E-state index is -0.462. The lowest BCUT2D eigenvalue weighted by Crippen LogP contribution is -2.33. The van der Waals surface area contributed by atoms with E-state index in [2.05, 4.69) is 36.4 Å². The number of rotatable bonds is 2. The first-order valence-corrected chi connectivity index (χ1v) is 11.5. The Labute approximate surface area is 200 Å². The third kappa shape index (κ3) is 3.32. The van der Waals surface area contributed by atoms with Crippen molar-refractivity contribution in [3.05, 3.63) is 111 Å². The molecule has 2 aliphatic heterocycles. The van der Waals surface area contributed by atoms with E-state index >= 15 is 0 Å². The van der Waals surface area contributed by atoms with E-state index in [1.54, 1.807) is 6.07 Å². The van der Waals surface area contributed by atoms with Crippen molar-refractivity contribution < 1.29 is 4.74 Å². The van der Waals surface area contributed by atoms with E-state index in [1.807, 2.05) is 41.4 Å². The zero-order valence-corrected chi connectivity index (χ0v) is 19.1. The molecule has 0 bridgehead atoms. The van der Waals surface area contributed by atoms with Crippen molar-refractivity contribution >= 4 is 51.3 Å². The Hall–Kier alpha value is -2.72. The summed E-state index contributed by atoms with van der Waals surface area (Å²) in [6.07, 6.45) is 0.285. The highest BCUT2D eigenvalue weighted by Gasteiger charge is 2.41. The number of benzene rings is 4. The monoisotopic (exact) mass is 478 g/mol. The Balaban J connectivity index is 1.47. The van der Waals surface area contributed by atoms with Gasteiger partial charge in [-0.15, -0.1) is 0 Å². The molecule has 0 N–H and O–H groups in total. The fraction of sp³-hybridized carbons (Fsp3) is 0.115. The number of hydrazone groups is 1. The van der Waals surface area contributed by atoms with Gasteiger partial charge in [0.05, 0.1) is 16.8 Å². The van der Waals surface area contributed by atoms with Crippen molar-refractivity contribution in [2.45, 2.75) is 18.7 Å². The highest BCUT2D eigenvalue weighted by atomic mass is 35.5. The second kappa shape index (κ2) is 7.70. The first-order chi connectivity index (χ1) is 15.6. The van der Waals surface area contributed by atoms with Crippen LogP contribution in [-0.4, -0.2) is 10.7 Å². The van der Waals surface area contributed by atoms with Crippen LogP contribution in [0.3, 0.4) is 0 Å². The lowest BCUT2D eigenvalue weighted by molar-refractivity contribution is -0.0189. The van der Waals surface area contributed by atoms with E-state index in [9.17, 15) is 0 Å². The SMILES string of the molecule is Clc1ccc([C@H]2Oc3ccc(Cl)cc3[C@@H]3CC(c4ccc5ccccc5c4)=NN23)c(Cl)c1. The van der Waals surface area contributed by atoms with E-state index in [0.29, 0.717) is 15.1 Å². The highest BCUT2D eigenvalue weighted by molar-refractivity contribution is 6.35. The van der Waals surface area contributed by atoms with Crippen molar-refractivity contribution in [3.8, 4) is 5.75 Å². The second-order valence-corrected chi connectivity index (χ2v) is 9.31. The third-order valence-corrected chi connectivity index (χ3v) is 6.86. The average Bonchev–Trinajstić information content (AvgIpc) is 3.25. The molecule has 6 heteroatoms. The summed E-state index contributed by atoms with van der Waals surface area (Å²) >= 11 is 19.0. The summed E-state index contributed by atoms with van der Waals surface area (Å²) < 4.78 is 6.39. The van der Waals surface area contributed by atoms with Gasteiger partial charge in [0, 0.05) is 27.6 Å². The number of fused-ring (bicyclic) bond motifs is 4. The topological polar surface area (TPSA) is 24.8 Å². The predicted molar refractivity (Wildman–Crippen MR) is 131 cm³/mol. The molecule has 32 heavy (non-hydrogen) atoms. The molecule has 158 valence electrons. The van der Waals surface area contributed by atoms with Crippen LogP contribution in [0.1, 0.15) is 35.4 Å². The molecule has 2 atom stereocenters. The lowest BCUT2D eigenvalue weighted by atomic mass is 9.95. The molecule has 0 amide bonds. The zero-order chi connectivity index (χ0) is 21.8. The van der Waals surface area contributed by atoms with Gasteiger partial charge < -0.3 is 4.74 Å². The Morgan fingerprint density at radius 1 is 0.781 bits per heavy atom. The van der Waals surface area contributed by atoms with Crippen LogP contribution in [-0.2, 0) is 0 Å². The van der Waals surface area contributed by atoms with Gasteiger partial charge in [0.25, 0.3) is 0 Å². The average molecular weight is 480 g/mol. The van der Waals surface area contributed by atoms with Crippen LogP contribution in [0.2, 0.25) is 15.1 Å². The molecular formula is C26H17Cl3N2O. The van der Waals surface area contributed by atoms with E-state index in [-0.39, 0.29) is 6.04 Å². The summed E-state index contributed by atoms with van der Waals surface area (Å²) in [7, 11) is 0. The van der Waals surface area contributed by atoms with Crippen LogP contribution in [0.5, 0.6) is 5.75 Å². The Bertz CT molecular complexity index is 1400. The summed E-state index contributed by atoms with van der Waals surface area (Å²) in [5, 5.41) is 11.2. The molecule has 2 aliphatic rings. The van der Waals surface area contributed by atoms with Crippen molar-refractivity contribution in [2.24, 2.45) is 5.10 Å². The van der Waals surface area contributed by atoms with Gasteiger partial charge in [-0.3, -0.25) is 0 Å². The van der Waals surface area contributed by atoms with Gasteiger partial charge in [0.2, 0.25) is 6.23 Å². The summed E-state index contributed by atoms with van der Waals surface area (Å²) in [5.74, 6) is 0.793. The fourth-order valence-electron chi connectivity index (χ4n) is 4.51. The van der Waals surface area contributed by atoms with Crippen LogP contribution < -0.4 is 4.74 Å². The van der Waals surface area contributed by atoms with Crippen LogP contribution in [0, 0.1) is 0 Å². The summed E-state index contributed by atoms with van der Waals surface area (Å²) in [6, 6.07) is 26.0. The number of hydrogen-bond donors (Lipinski definition) is 0. The van der Waals surface area contributed by atoms with Gasteiger partial charge in [0.1, 0.15) is 5.75 Å². The maximum atomic E-state index is 6.56. The number of nitrogens with zero attached hydrogens (tertiary/aromatic N) is 2. The van der Waals surface area contributed by atoms with Crippen LogP contribution in [0.25, 0.3) is 10.8 Å². The molecule has 0 saturated heterocycles. The largest absolute Gasteiger partial charge is 0.464 e. The summed E-state index contributed by atoms with van der Waals surface area (Å²) in [6.45, 7) is 0. The minimum Gasteiger partial charge on any atom is -0.464 e. The molecule has 3 nitrogen and oxygen atoms in total.